The van der Waals surface area contributed by atoms with Crippen molar-refractivity contribution in [3.8, 4) is 0 Å². The first-order chi connectivity index (χ1) is 9.76. The van der Waals surface area contributed by atoms with Gasteiger partial charge in [-0.25, -0.2) is 4.39 Å². The van der Waals surface area contributed by atoms with Gasteiger partial charge in [-0.1, -0.05) is 19.4 Å². The smallest absolute Gasteiger partial charge is 0.207 e. The van der Waals surface area contributed by atoms with Crippen LogP contribution >= 0.6 is 0 Å². The van der Waals surface area contributed by atoms with Crippen molar-refractivity contribution in [2.75, 3.05) is 0 Å². The van der Waals surface area contributed by atoms with Crippen molar-refractivity contribution < 1.29 is 17.6 Å². The van der Waals surface area contributed by atoms with Crippen LogP contribution in [0.2, 0.25) is 0 Å². The maximum absolute atomic E-state index is 13.2. The van der Waals surface area contributed by atoms with Gasteiger partial charge in [0.25, 0.3) is 0 Å². The molecule has 0 saturated heterocycles. The zero-order valence-corrected chi connectivity index (χ0v) is 12.6. The molecule has 1 fully saturated rings. The third-order valence-corrected chi connectivity index (χ3v) is 5.13. The molecule has 0 bridgehead atoms. The number of benzene rings is 1. The molecule has 1 saturated carbocycles. The Kier molecular flexibility index (Phi) is 4.64. The molecule has 0 nitrogen and oxygen atoms in total. The number of aryl methyl sites for hydroxylation is 1. The molecule has 0 radical (unpaired) electrons. The van der Waals surface area contributed by atoms with E-state index in [1.54, 1.807) is 6.07 Å². The molecule has 1 aliphatic rings. The molecular formula is C17H22F4. The highest BCUT2D eigenvalue weighted by molar-refractivity contribution is 5.27. The van der Waals surface area contributed by atoms with Gasteiger partial charge in [0.05, 0.1) is 5.92 Å². The fourth-order valence-corrected chi connectivity index (χ4v) is 3.47. The van der Waals surface area contributed by atoms with Gasteiger partial charge >= 0.3 is 6.18 Å². The number of hydrogen-bond acceptors (Lipinski definition) is 0. The summed E-state index contributed by atoms with van der Waals surface area (Å²) in [5.74, 6) is -1.41. The average Bonchev–Trinajstić information content (AvgIpc) is 2.41. The maximum Gasteiger partial charge on any atom is 0.391 e. The number of rotatable bonds is 3. The minimum atomic E-state index is -4.06. The lowest BCUT2D eigenvalue weighted by molar-refractivity contribution is -0.187. The van der Waals surface area contributed by atoms with E-state index >= 15 is 0 Å². The normalized spacial score (nSPS) is 26.9. The molecule has 1 aromatic rings. The van der Waals surface area contributed by atoms with Crippen LogP contribution in [0.25, 0.3) is 0 Å². The summed E-state index contributed by atoms with van der Waals surface area (Å²) in [7, 11) is 0. The van der Waals surface area contributed by atoms with Gasteiger partial charge in [-0.3, -0.25) is 0 Å². The first-order valence-corrected chi connectivity index (χ1v) is 7.57. The standard InChI is InChI=1S/C17H22F4/c1-3-16(8-6-14(7-9-16)17(19,20)21)11-13-4-5-15(18)10-12(13)2/h4-5,10,14H,3,6-9,11H2,1-2H3. The van der Waals surface area contributed by atoms with Gasteiger partial charge in [0.2, 0.25) is 0 Å². The molecule has 0 aliphatic heterocycles. The maximum atomic E-state index is 13.2. The molecule has 0 heterocycles. The predicted molar refractivity (Wildman–Crippen MR) is 75.6 cm³/mol. The highest BCUT2D eigenvalue weighted by Gasteiger charge is 2.45. The summed E-state index contributed by atoms with van der Waals surface area (Å²) in [4.78, 5) is 0. The highest BCUT2D eigenvalue weighted by atomic mass is 19.4. The van der Waals surface area contributed by atoms with E-state index in [1.165, 1.54) is 12.1 Å². The van der Waals surface area contributed by atoms with Gasteiger partial charge in [-0.05, 0) is 67.7 Å². The van der Waals surface area contributed by atoms with Crippen molar-refractivity contribution in [3.05, 3.63) is 35.1 Å². The number of alkyl halides is 3. The first-order valence-electron chi connectivity index (χ1n) is 7.57. The molecule has 1 aliphatic carbocycles. The fraction of sp³-hybridized carbons (Fsp3) is 0.647. The summed E-state index contributed by atoms with van der Waals surface area (Å²) in [5.41, 5.74) is 1.88. The van der Waals surface area contributed by atoms with E-state index in [1.807, 2.05) is 13.8 Å². The van der Waals surface area contributed by atoms with E-state index in [0.717, 1.165) is 24.0 Å². The topological polar surface area (TPSA) is 0 Å². The fourth-order valence-electron chi connectivity index (χ4n) is 3.47. The van der Waals surface area contributed by atoms with Crippen LogP contribution in [0, 0.1) is 24.1 Å². The molecule has 4 heteroatoms. The van der Waals surface area contributed by atoms with Gasteiger partial charge in [0, 0.05) is 0 Å². The summed E-state index contributed by atoms with van der Waals surface area (Å²) in [5, 5.41) is 0. The van der Waals surface area contributed by atoms with Crippen LogP contribution < -0.4 is 0 Å². The Morgan fingerprint density at radius 2 is 1.81 bits per heavy atom. The van der Waals surface area contributed by atoms with Gasteiger partial charge in [-0.2, -0.15) is 13.2 Å². The van der Waals surface area contributed by atoms with E-state index in [0.29, 0.717) is 12.8 Å². The van der Waals surface area contributed by atoms with Crippen molar-refractivity contribution in [2.24, 2.45) is 11.3 Å². The van der Waals surface area contributed by atoms with E-state index in [4.69, 9.17) is 0 Å². The van der Waals surface area contributed by atoms with Crippen LogP contribution in [-0.2, 0) is 6.42 Å². The summed E-state index contributed by atoms with van der Waals surface area (Å²) < 4.78 is 51.5. The van der Waals surface area contributed by atoms with Crippen LogP contribution in [-0.4, -0.2) is 6.18 Å². The molecule has 0 amide bonds. The van der Waals surface area contributed by atoms with Crippen molar-refractivity contribution in [2.45, 2.75) is 58.5 Å². The third kappa shape index (κ3) is 3.78. The van der Waals surface area contributed by atoms with Crippen molar-refractivity contribution >= 4 is 0 Å². The lowest BCUT2D eigenvalue weighted by Gasteiger charge is -2.40. The number of hydrogen-bond donors (Lipinski definition) is 0. The monoisotopic (exact) mass is 302 g/mol. The summed E-state index contributed by atoms with van der Waals surface area (Å²) in [6, 6.07) is 4.71. The SMILES string of the molecule is CCC1(Cc2ccc(F)cc2C)CCC(C(F)(F)F)CC1. The van der Waals surface area contributed by atoms with Crippen molar-refractivity contribution in [3.63, 3.8) is 0 Å². The summed E-state index contributed by atoms with van der Waals surface area (Å²) in [6.45, 7) is 3.91. The minimum Gasteiger partial charge on any atom is -0.207 e. The Labute approximate surface area is 123 Å². The molecule has 21 heavy (non-hydrogen) atoms. The predicted octanol–water partition coefficient (Wildman–Crippen LogP) is 5.83. The zero-order chi connectivity index (χ0) is 15.7. The summed E-state index contributed by atoms with van der Waals surface area (Å²) in [6.07, 6.45) is -0.801. The highest BCUT2D eigenvalue weighted by Crippen LogP contribution is 2.48. The molecular weight excluding hydrogens is 280 g/mol. The quantitative estimate of drug-likeness (QED) is 0.617. The van der Waals surface area contributed by atoms with Gasteiger partial charge < -0.3 is 0 Å². The molecule has 0 unspecified atom stereocenters. The van der Waals surface area contributed by atoms with Crippen molar-refractivity contribution in [1.82, 2.24) is 0 Å². The molecule has 0 spiro atoms. The van der Waals surface area contributed by atoms with E-state index in [-0.39, 0.29) is 24.1 Å². The Balaban J connectivity index is 2.10. The van der Waals surface area contributed by atoms with E-state index in [2.05, 4.69) is 0 Å². The Morgan fingerprint density at radius 1 is 1.19 bits per heavy atom. The van der Waals surface area contributed by atoms with Gasteiger partial charge in [0.1, 0.15) is 5.82 Å². The second-order valence-electron chi connectivity index (χ2n) is 6.42. The average molecular weight is 302 g/mol. The molecule has 1 aromatic carbocycles. The Morgan fingerprint density at radius 3 is 2.29 bits per heavy atom. The Bertz CT molecular complexity index is 482. The first kappa shape index (κ1) is 16.3. The molecule has 2 rings (SSSR count). The molecule has 0 atom stereocenters. The van der Waals surface area contributed by atoms with Crippen LogP contribution in [0.1, 0.15) is 50.2 Å². The van der Waals surface area contributed by atoms with Crippen LogP contribution in [0.5, 0.6) is 0 Å². The lowest BCUT2D eigenvalue weighted by Crippen LogP contribution is -2.34. The number of halogens is 4. The van der Waals surface area contributed by atoms with Crippen LogP contribution in [0.4, 0.5) is 17.6 Å². The minimum absolute atomic E-state index is 0.0651. The molecule has 0 N–H and O–H groups in total. The Hall–Kier alpha value is -1.06. The van der Waals surface area contributed by atoms with Crippen LogP contribution in [0.15, 0.2) is 18.2 Å². The second kappa shape index (κ2) is 5.98. The van der Waals surface area contributed by atoms with Crippen LogP contribution in [0.3, 0.4) is 0 Å². The van der Waals surface area contributed by atoms with Gasteiger partial charge in [0.15, 0.2) is 0 Å². The largest absolute Gasteiger partial charge is 0.391 e. The van der Waals surface area contributed by atoms with Crippen molar-refractivity contribution in [1.29, 1.82) is 0 Å². The summed E-state index contributed by atoms with van der Waals surface area (Å²) >= 11 is 0. The zero-order valence-electron chi connectivity index (χ0n) is 12.6. The third-order valence-electron chi connectivity index (χ3n) is 5.13. The van der Waals surface area contributed by atoms with E-state index in [9.17, 15) is 17.6 Å². The van der Waals surface area contributed by atoms with E-state index < -0.39 is 12.1 Å². The van der Waals surface area contributed by atoms with Gasteiger partial charge in [-0.15, -0.1) is 0 Å². The second-order valence-corrected chi connectivity index (χ2v) is 6.42. The molecule has 0 aromatic heterocycles. The molecule has 118 valence electrons. The lowest BCUT2D eigenvalue weighted by atomic mass is 9.65.